The molecule has 1 saturated heterocycles. The molecule has 3 N–H and O–H groups in total. The number of hydrogen-bond acceptors (Lipinski definition) is 5. The van der Waals surface area contributed by atoms with Gasteiger partial charge >= 0.3 is 0 Å². The Hall–Kier alpha value is -2.02. The lowest BCUT2D eigenvalue weighted by atomic mass is 9.80. The highest BCUT2D eigenvalue weighted by molar-refractivity contribution is 8.00. The molecule has 4 rings (SSSR count). The third-order valence-electron chi connectivity index (χ3n) is 5.90. The van der Waals surface area contributed by atoms with Crippen molar-refractivity contribution in [1.29, 1.82) is 10.5 Å². The summed E-state index contributed by atoms with van der Waals surface area (Å²) in [6.45, 7) is 2.63. The van der Waals surface area contributed by atoms with Gasteiger partial charge < -0.3 is 4.74 Å². The summed E-state index contributed by atoms with van der Waals surface area (Å²) in [4.78, 5) is 3.19. The third kappa shape index (κ3) is 1.25. The van der Waals surface area contributed by atoms with Crippen molar-refractivity contribution in [3.8, 4) is 12.1 Å². The Morgan fingerprint density at radius 2 is 2.04 bits per heavy atom. The van der Waals surface area contributed by atoms with E-state index in [0.717, 1.165) is 17.7 Å². The standard InChI is InChI=1S/C18H18N4OS/c1-2-8-15(13-6-4-3-5-7-13)16(11-19)14(21)22-18(17(15,16)12-20)23-9-10-24-18/h3-7H,2,8-10H2,1H3,(H2,21,22)/p+1/t15-,16-,17+,18+/m0/s1. The van der Waals surface area contributed by atoms with Crippen molar-refractivity contribution in [3.05, 3.63) is 35.9 Å². The van der Waals surface area contributed by atoms with Gasteiger partial charge in [-0.15, -0.1) is 0 Å². The van der Waals surface area contributed by atoms with E-state index >= 15 is 0 Å². The van der Waals surface area contributed by atoms with Gasteiger partial charge in [-0.3, -0.25) is 5.73 Å². The highest BCUT2D eigenvalue weighted by Gasteiger charge is 3.03. The molecule has 2 fully saturated rings. The van der Waals surface area contributed by atoms with Crippen LogP contribution in [-0.2, 0) is 10.2 Å². The van der Waals surface area contributed by atoms with Crippen LogP contribution in [0.3, 0.4) is 0 Å². The van der Waals surface area contributed by atoms with E-state index in [2.05, 4.69) is 24.1 Å². The first-order chi connectivity index (χ1) is 11.6. The van der Waals surface area contributed by atoms with Crippen molar-refractivity contribution in [2.75, 3.05) is 12.4 Å². The third-order valence-corrected chi connectivity index (χ3v) is 7.20. The summed E-state index contributed by atoms with van der Waals surface area (Å²) < 4.78 is 6.05. The predicted molar refractivity (Wildman–Crippen MR) is 90.4 cm³/mol. The van der Waals surface area contributed by atoms with Gasteiger partial charge in [0.25, 0.3) is 10.9 Å². The van der Waals surface area contributed by atoms with Gasteiger partial charge in [0.2, 0.25) is 0 Å². The van der Waals surface area contributed by atoms with Crippen molar-refractivity contribution >= 4 is 17.6 Å². The predicted octanol–water partition coefficient (Wildman–Crippen LogP) is 0.627. The number of amidine groups is 1. The SMILES string of the molecule is CCC[C@]1(c2ccccc2)[C@]2(C#N)C(N)=[NH+][C@@]3(OCCS3)[C@@]21C#N. The van der Waals surface area contributed by atoms with Crippen LogP contribution >= 0.6 is 11.8 Å². The minimum atomic E-state index is -1.07. The van der Waals surface area contributed by atoms with Crippen LogP contribution in [0.15, 0.2) is 30.3 Å². The number of ether oxygens (including phenoxy) is 1. The Kier molecular flexibility index (Phi) is 3.07. The maximum absolute atomic E-state index is 10.3. The number of fused-ring (bicyclic) bond motifs is 2. The van der Waals surface area contributed by atoms with E-state index in [0.29, 0.717) is 18.9 Å². The molecular formula is C18H19N4OS+. The first-order valence-electron chi connectivity index (χ1n) is 8.19. The Morgan fingerprint density at radius 3 is 2.58 bits per heavy atom. The molecule has 3 aliphatic rings. The molecular weight excluding hydrogens is 320 g/mol. The highest BCUT2D eigenvalue weighted by Crippen LogP contribution is 2.85. The number of nitriles is 2. The molecule has 0 aromatic heterocycles. The van der Waals surface area contributed by atoms with Crippen LogP contribution in [0.25, 0.3) is 0 Å². The van der Waals surface area contributed by atoms with Crippen LogP contribution in [-0.4, -0.2) is 23.3 Å². The van der Waals surface area contributed by atoms with Crippen LogP contribution in [0.4, 0.5) is 0 Å². The average Bonchev–Trinajstić information content (AvgIpc) is 2.85. The Labute approximate surface area is 145 Å². The fraction of sp³-hybridized carbons (Fsp3) is 0.500. The van der Waals surface area contributed by atoms with Crippen molar-refractivity contribution in [2.24, 2.45) is 16.6 Å². The van der Waals surface area contributed by atoms with Gasteiger partial charge in [0.05, 0.1) is 24.2 Å². The number of nitrogens with zero attached hydrogens (tertiary/aromatic N) is 2. The molecule has 5 nitrogen and oxygen atoms in total. The summed E-state index contributed by atoms with van der Waals surface area (Å²) in [6.07, 6.45) is 1.57. The molecule has 0 bridgehead atoms. The second kappa shape index (κ2) is 4.75. The zero-order valence-electron chi connectivity index (χ0n) is 13.5. The smallest absolute Gasteiger partial charge is 0.278 e. The van der Waals surface area contributed by atoms with Gasteiger partial charge in [0, 0.05) is 5.75 Å². The number of rotatable bonds is 3. The van der Waals surface area contributed by atoms with E-state index in [1.165, 1.54) is 0 Å². The number of benzene rings is 1. The zero-order chi connectivity index (χ0) is 17.1. The molecule has 2 aliphatic heterocycles. The Bertz CT molecular complexity index is 805. The normalized spacial score (nSPS) is 42.2. The molecule has 6 heteroatoms. The van der Waals surface area contributed by atoms with Gasteiger partial charge in [0.1, 0.15) is 0 Å². The fourth-order valence-electron chi connectivity index (χ4n) is 5.20. The topological polar surface area (TPSA) is 96.8 Å². The molecule has 1 aromatic carbocycles. The second-order valence-corrected chi connectivity index (χ2v) is 7.87. The van der Waals surface area contributed by atoms with Gasteiger partial charge in [-0.05, 0) is 12.0 Å². The molecule has 24 heavy (non-hydrogen) atoms. The van der Waals surface area contributed by atoms with E-state index < -0.39 is 21.3 Å². The zero-order valence-corrected chi connectivity index (χ0v) is 14.3. The number of nitrogens with one attached hydrogen (secondary N) is 1. The summed E-state index contributed by atoms with van der Waals surface area (Å²) in [5.41, 5.74) is 4.62. The van der Waals surface area contributed by atoms with Gasteiger partial charge in [0.15, 0.2) is 10.8 Å². The molecule has 4 atom stereocenters. The van der Waals surface area contributed by atoms with Crippen molar-refractivity contribution < 1.29 is 9.73 Å². The minimum Gasteiger partial charge on any atom is -0.327 e. The molecule has 0 radical (unpaired) electrons. The Morgan fingerprint density at radius 1 is 1.29 bits per heavy atom. The largest absolute Gasteiger partial charge is 0.327 e. The number of thioether (sulfide) groups is 1. The van der Waals surface area contributed by atoms with Crippen molar-refractivity contribution in [2.45, 2.75) is 30.2 Å². The molecule has 0 amide bonds. The van der Waals surface area contributed by atoms with Crippen molar-refractivity contribution in [1.82, 2.24) is 0 Å². The summed E-state index contributed by atoms with van der Waals surface area (Å²) >= 11 is 1.56. The average molecular weight is 339 g/mol. The first kappa shape index (κ1) is 15.5. The van der Waals surface area contributed by atoms with Crippen LogP contribution in [0, 0.1) is 33.5 Å². The summed E-state index contributed by atoms with van der Waals surface area (Å²) in [7, 11) is 0. The van der Waals surface area contributed by atoms with E-state index in [-0.39, 0.29) is 0 Å². The maximum atomic E-state index is 10.3. The second-order valence-electron chi connectivity index (χ2n) is 6.60. The molecule has 1 spiro atoms. The number of hydrogen-bond donors (Lipinski definition) is 2. The molecule has 1 aliphatic carbocycles. The van der Waals surface area contributed by atoms with Crippen LogP contribution in [0.5, 0.6) is 0 Å². The summed E-state index contributed by atoms with van der Waals surface area (Å²) in [5, 5.41) is 19.6. The minimum absolute atomic E-state index is 0.373. The lowest BCUT2D eigenvalue weighted by Gasteiger charge is -2.30. The molecule has 0 unspecified atom stereocenters. The van der Waals surface area contributed by atoms with Crippen molar-refractivity contribution in [3.63, 3.8) is 0 Å². The maximum Gasteiger partial charge on any atom is 0.278 e. The summed E-state index contributed by atoms with van der Waals surface area (Å²) in [5.74, 6) is 1.15. The van der Waals surface area contributed by atoms with Gasteiger partial charge in [-0.25, -0.2) is 4.99 Å². The van der Waals surface area contributed by atoms with Crippen LogP contribution in [0.2, 0.25) is 0 Å². The monoisotopic (exact) mass is 339 g/mol. The quantitative estimate of drug-likeness (QED) is 0.842. The van der Waals surface area contributed by atoms with E-state index in [1.54, 1.807) is 11.8 Å². The first-order valence-corrected chi connectivity index (χ1v) is 9.18. The molecule has 122 valence electrons. The lowest BCUT2D eigenvalue weighted by molar-refractivity contribution is -0.584. The Balaban J connectivity index is 2.05. The van der Waals surface area contributed by atoms with Crippen LogP contribution in [0.1, 0.15) is 25.3 Å². The highest BCUT2D eigenvalue weighted by atomic mass is 32.2. The lowest BCUT2D eigenvalue weighted by Crippen LogP contribution is -2.88. The van der Waals surface area contributed by atoms with Gasteiger partial charge in [-0.1, -0.05) is 55.4 Å². The summed E-state index contributed by atoms with van der Waals surface area (Å²) in [6, 6.07) is 14.8. The van der Waals surface area contributed by atoms with E-state index in [1.807, 2.05) is 30.3 Å². The molecule has 1 saturated carbocycles. The van der Waals surface area contributed by atoms with Crippen LogP contribution < -0.4 is 10.7 Å². The van der Waals surface area contributed by atoms with E-state index in [4.69, 9.17) is 10.5 Å². The van der Waals surface area contributed by atoms with Gasteiger partial charge in [-0.2, -0.15) is 10.5 Å². The molecule has 2 heterocycles. The molecule has 1 aromatic rings. The number of nitrogens with two attached hydrogens (primary N) is 1. The fourth-order valence-corrected chi connectivity index (χ4v) is 6.59. The van der Waals surface area contributed by atoms with E-state index in [9.17, 15) is 10.5 Å².